The Morgan fingerprint density at radius 2 is 2.26 bits per heavy atom. The first-order chi connectivity index (χ1) is 9.13. The second kappa shape index (κ2) is 8.48. The number of pyridine rings is 1. The number of carbonyl (C=O) groups excluding carboxylic acids is 1. The van der Waals surface area contributed by atoms with Gasteiger partial charge >= 0.3 is 6.03 Å². The molecule has 1 aromatic heterocycles. The first-order valence-corrected chi connectivity index (χ1v) is 6.72. The number of aliphatic hydroxyl groups is 1. The van der Waals surface area contributed by atoms with Crippen LogP contribution in [0.25, 0.3) is 0 Å². The number of amides is 2. The van der Waals surface area contributed by atoms with E-state index in [0.29, 0.717) is 19.5 Å². The highest BCUT2D eigenvalue weighted by atomic mass is 16.3. The fraction of sp³-hybridized carbons (Fsp3) is 0.571. The second-order valence-electron chi connectivity index (χ2n) is 4.63. The molecule has 19 heavy (non-hydrogen) atoms. The lowest BCUT2D eigenvalue weighted by molar-refractivity contribution is 0.160. The van der Waals surface area contributed by atoms with Gasteiger partial charge in [-0.3, -0.25) is 4.98 Å². The minimum absolute atomic E-state index is 0.234. The fourth-order valence-corrected chi connectivity index (χ4v) is 1.80. The predicted molar refractivity (Wildman–Crippen MR) is 75.0 cm³/mol. The van der Waals surface area contributed by atoms with E-state index >= 15 is 0 Å². The van der Waals surface area contributed by atoms with E-state index in [9.17, 15) is 9.90 Å². The highest BCUT2D eigenvalue weighted by Crippen LogP contribution is 2.04. The van der Waals surface area contributed by atoms with Gasteiger partial charge in [-0.15, -0.1) is 0 Å². The first-order valence-electron chi connectivity index (χ1n) is 6.72. The molecule has 106 valence electrons. The van der Waals surface area contributed by atoms with Gasteiger partial charge in [-0.2, -0.15) is 0 Å². The Morgan fingerprint density at radius 1 is 1.47 bits per heavy atom. The number of aromatic nitrogens is 1. The number of nitrogens with one attached hydrogen (secondary N) is 2. The normalized spacial score (nSPS) is 11.9. The zero-order valence-corrected chi connectivity index (χ0v) is 11.6. The maximum absolute atomic E-state index is 11.5. The molecule has 1 atom stereocenters. The maximum atomic E-state index is 11.5. The summed E-state index contributed by atoms with van der Waals surface area (Å²) in [5, 5.41) is 14.9. The Balaban J connectivity index is 2.19. The van der Waals surface area contributed by atoms with Crippen molar-refractivity contribution in [3.63, 3.8) is 0 Å². The topological polar surface area (TPSA) is 74.2 Å². The van der Waals surface area contributed by atoms with Crippen molar-refractivity contribution in [2.75, 3.05) is 13.1 Å². The monoisotopic (exact) mass is 265 g/mol. The van der Waals surface area contributed by atoms with Crippen LogP contribution >= 0.6 is 0 Å². The van der Waals surface area contributed by atoms with E-state index < -0.39 is 6.10 Å². The molecule has 1 rings (SSSR count). The molecule has 2 amide bonds. The van der Waals surface area contributed by atoms with E-state index in [-0.39, 0.29) is 6.03 Å². The smallest absolute Gasteiger partial charge is 0.314 e. The van der Waals surface area contributed by atoms with Crippen molar-refractivity contribution in [1.29, 1.82) is 0 Å². The van der Waals surface area contributed by atoms with Gasteiger partial charge in [-0.05, 0) is 37.0 Å². The van der Waals surface area contributed by atoms with E-state index in [0.717, 1.165) is 18.4 Å². The second-order valence-corrected chi connectivity index (χ2v) is 4.63. The Kier molecular flexibility index (Phi) is 6.89. The van der Waals surface area contributed by atoms with Gasteiger partial charge in [-0.1, -0.05) is 13.3 Å². The number of aryl methyl sites for hydroxylation is 1. The summed E-state index contributed by atoms with van der Waals surface area (Å²) in [6.45, 7) is 4.87. The SMILES string of the molecule is CCCC(O)CNC(=O)NCCc1ccncc1C. The largest absolute Gasteiger partial charge is 0.391 e. The molecule has 0 bridgehead atoms. The van der Waals surface area contributed by atoms with E-state index in [2.05, 4.69) is 15.6 Å². The zero-order chi connectivity index (χ0) is 14.1. The van der Waals surface area contributed by atoms with Crippen LogP contribution in [0, 0.1) is 6.92 Å². The molecule has 0 aliphatic rings. The lowest BCUT2D eigenvalue weighted by Gasteiger charge is -2.12. The molecule has 0 radical (unpaired) electrons. The van der Waals surface area contributed by atoms with Crippen LogP contribution in [0.1, 0.15) is 30.9 Å². The van der Waals surface area contributed by atoms with Crippen molar-refractivity contribution < 1.29 is 9.90 Å². The van der Waals surface area contributed by atoms with Gasteiger partial charge in [0.1, 0.15) is 0 Å². The third-order valence-corrected chi connectivity index (χ3v) is 2.94. The molecule has 1 unspecified atom stereocenters. The third-order valence-electron chi connectivity index (χ3n) is 2.94. The Hall–Kier alpha value is -1.62. The molecule has 5 nitrogen and oxygen atoms in total. The van der Waals surface area contributed by atoms with Crippen LogP contribution < -0.4 is 10.6 Å². The Morgan fingerprint density at radius 3 is 2.95 bits per heavy atom. The van der Waals surface area contributed by atoms with Crippen LogP contribution in [0.5, 0.6) is 0 Å². The number of aliphatic hydroxyl groups excluding tert-OH is 1. The number of rotatable bonds is 7. The molecular weight excluding hydrogens is 242 g/mol. The highest BCUT2D eigenvalue weighted by molar-refractivity contribution is 5.73. The molecule has 1 heterocycles. The van der Waals surface area contributed by atoms with Gasteiger partial charge in [0.15, 0.2) is 0 Å². The van der Waals surface area contributed by atoms with E-state index in [4.69, 9.17) is 0 Å². The van der Waals surface area contributed by atoms with Gasteiger partial charge in [0, 0.05) is 25.5 Å². The Labute approximate surface area is 114 Å². The molecule has 0 aliphatic heterocycles. The summed E-state index contributed by atoms with van der Waals surface area (Å²) < 4.78 is 0. The molecular formula is C14H23N3O2. The standard InChI is InChI=1S/C14H23N3O2/c1-3-4-13(18)10-17-14(19)16-8-6-12-5-7-15-9-11(12)2/h5,7,9,13,18H,3-4,6,8,10H2,1-2H3,(H2,16,17,19). The van der Waals surface area contributed by atoms with Crippen LogP contribution in [0.15, 0.2) is 18.5 Å². The summed E-state index contributed by atoms with van der Waals surface area (Å²) >= 11 is 0. The molecule has 3 N–H and O–H groups in total. The molecule has 0 saturated heterocycles. The summed E-state index contributed by atoms with van der Waals surface area (Å²) in [6, 6.07) is 1.72. The van der Waals surface area contributed by atoms with Gasteiger partial charge in [0.05, 0.1) is 6.10 Å². The molecule has 0 aliphatic carbocycles. The van der Waals surface area contributed by atoms with Crippen LogP contribution in [0.2, 0.25) is 0 Å². The van der Waals surface area contributed by atoms with Crippen molar-refractivity contribution in [1.82, 2.24) is 15.6 Å². The van der Waals surface area contributed by atoms with Gasteiger partial charge in [0.2, 0.25) is 0 Å². The first kappa shape index (κ1) is 15.4. The average Bonchev–Trinajstić information content (AvgIpc) is 2.39. The number of urea groups is 1. The van der Waals surface area contributed by atoms with Crippen LogP contribution in [0.3, 0.4) is 0 Å². The van der Waals surface area contributed by atoms with Crippen LogP contribution in [-0.2, 0) is 6.42 Å². The number of hydrogen-bond donors (Lipinski definition) is 3. The quantitative estimate of drug-likeness (QED) is 0.697. The fourth-order valence-electron chi connectivity index (χ4n) is 1.80. The minimum atomic E-state index is -0.460. The van der Waals surface area contributed by atoms with Crippen molar-refractivity contribution >= 4 is 6.03 Å². The summed E-state index contributed by atoms with van der Waals surface area (Å²) in [5.74, 6) is 0. The van der Waals surface area contributed by atoms with Crippen molar-refractivity contribution in [2.24, 2.45) is 0 Å². The number of nitrogens with zero attached hydrogens (tertiary/aromatic N) is 1. The van der Waals surface area contributed by atoms with Crippen molar-refractivity contribution in [2.45, 2.75) is 39.2 Å². The summed E-state index contributed by atoms with van der Waals surface area (Å²) in [7, 11) is 0. The molecule has 0 saturated carbocycles. The predicted octanol–water partition coefficient (Wildman–Crippen LogP) is 1.39. The maximum Gasteiger partial charge on any atom is 0.314 e. The summed E-state index contributed by atoms with van der Waals surface area (Å²) in [4.78, 5) is 15.5. The molecule has 0 aromatic carbocycles. The summed E-state index contributed by atoms with van der Waals surface area (Å²) in [6.07, 6.45) is 5.50. The van der Waals surface area contributed by atoms with E-state index in [1.165, 1.54) is 5.56 Å². The lowest BCUT2D eigenvalue weighted by Crippen LogP contribution is -2.40. The molecule has 1 aromatic rings. The minimum Gasteiger partial charge on any atom is -0.391 e. The van der Waals surface area contributed by atoms with Gasteiger partial charge < -0.3 is 15.7 Å². The average molecular weight is 265 g/mol. The number of carbonyl (C=O) groups is 1. The van der Waals surface area contributed by atoms with Crippen molar-refractivity contribution in [3.05, 3.63) is 29.6 Å². The van der Waals surface area contributed by atoms with Gasteiger partial charge in [-0.25, -0.2) is 4.79 Å². The van der Waals surface area contributed by atoms with Crippen LogP contribution in [0.4, 0.5) is 4.79 Å². The zero-order valence-electron chi connectivity index (χ0n) is 11.6. The van der Waals surface area contributed by atoms with E-state index in [1.807, 2.05) is 26.1 Å². The van der Waals surface area contributed by atoms with Crippen LogP contribution in [-0.4, -0.2) is 35.3 Å². The molecule has 0 fully saturated rings. The molecule has 0 spiro atoms. The number of hydrogen-bond acceptors (Lipinski definition) is 3. The molecule has 5 heteroatoms. The van der Waals surface area contributed by atoms with Gasteiger partial charge in [0.25, 0.3) is 0 Å². The summed E-state index contributed by atoms with van der Waals surface area (Å²) in [5.41, 5.74) is 2.31. The van der Waals surface area contributed by atoms with Crippen molar-refractivity contribution in [3.8, 4) is 0 Å². The Bertz CT molecular complexity index is 396. The lowest BCUT2D eigenvalue weighted by atomic mass is 10.1. The van der Waals surface area contributed by atoms with E-state index in [1.54, 1.807) is 6.20 Å². The highest BCUT2D eigenvalue weighted by Gasteiger charge is 2.05. The third kappa shape index (κ3) is 6.20.